The predicted octanol–water partition coefficient (Wildman–Crippen LogP) is 2.46. The maximum absolute atomic E-state index is 12.0. The number of methoxy groups -OCH3 is 1. The summed E-state index contributed by atoms with van der Waals surface area (Å²) in [5.41, 5.74) is 0.892. The molecule has 24 heavy (non-hydrogen) atoms. The molecule has 6 heteroatoms. The summed E-state index contributed by atoms with van der Waals surface area (Å²) >= 11 is 0. The van der Waals surface area contributed by atoms with E-state index in [-0.39, 0.29) is 30.8 Å². The molecule has 1 unspecified atom stereocenters. The zero-order valence-corrected chi connectivity index (χ0v) is 13.8. The molecule has 1 aromatic rings. The third kappa shape index (κ3) is 5.37. The lowest BCUT2D eigenvalue weighted by atomic mass is 9.79. The highest BCUT2D eigenvalue weighted by molar-refractivity contribution is 5.80. The molecule has 0 aromatic heterocycles. The monoisotopic (exact) mass is 333 g/mol. The molecule has 0 bridgehead atoms. The highest BCUT2D eigenvalue weighted by Gasteiger charge is 2.32. The van der Waals surface area contributed by atoms with Crippen molar-refractivity contribution in [1.29, 1.82) is 0 Å². The number of rotatable bonds is 6. The van der Waals surface area contributed by atoms with E-state index < -0.39 is 12.0 Å². The van der Waals surface area contributed by atoms with Crippen LogP contribution in [-0.2, 0) is 25.7 Å². The fourth-order valence-electron chi connectivity index (χ4n) is 2.93. The normalized spacial score (nSPS) is 16.3. The molecule has 1 fully saturated rings. The van der Waals surface area contributed by atoms with Crippen LogP contribution in [0, 0.1) is 11.8 Å². The minimum Gasteiger partial charge on any atom is -0.469 e. The molecule has 0 radical (unpaired) electrons. The zero-order valence-electron chi connectivity index (χ0n) is 13.8. The molecular formula is C18H23NO5. The maximum atomic E-state index is 12.0. The third-order valence-electron chi connectivity index (χ3n) is 4.34. The Morgan fingerprint density at radius 1 is 1.21 bits per heavy atom. The summed E-state index contributed by atoms with van der Waals surface area (Å²) in [7, 11) is 1.33. The van der Waals surface area contributed by atoms with Crippen LogP contribution in [0.1, 0.15) is 31.2 Å². The van der Waals surface area contributed by atoms with Gasteiger partial charge in [-0.3, -0.25) is 9.59 Å². The summed E-state index contributed by atoms with van der Waals surface area (Å²) in [6.45, 7) is 0.326. The molecule has 1 N–H and O–H groups in total. The van der Waals surface area contributed by atoms with Gasteiger partial charge in [-0.15, -0.1) is 0 Å². The van der Waals surface area contributed by atoms with E-state index in [4.69, 9.17) is 9.47 Å². The number of alkyl carbamates (subject to hydrolysis) is 1. The smallest absolute Gasteiger partial charge is 0.407 e. The average molecular weight is 333 g/mol. The Bertz CT molecular complexity index is 562. The van der Waals surface area contributed by atoms with Gasteiger partial charge in [0.15, 0.2) is 0 Å². The van der Waals surface area contributed by atoms with Gasteiger partial charge in [0.1, 0.15) is 12.4 Å². The molecular weight excluding hydrogens is 310 g/mol. The number of hydrogen-bond acceptors (Lipinski definition) is 5. The Morgan fingerprint density at radius 3 is 2.50 bits per heavy atom. The van der Waals surface area contributed by atoms with E-state index in [0.717, 1.165) is 5.56 Å². The first-order valence-electron chi connectivity index (χ1n) is 8.14. The number of esters is 1. The Hall–Kier alpha value is -2.37. The van der Waals surface area contributed by atoms with Crippen molar-refractivity contribution in [3.05, 3.63) is 35.9 Å². The zero-order chi connectivity index (χ0) is 17.4. The largest absolute Gasteiger partial charge is 0.469 e. The molecule has 0 spiro atoms. The molecule has 0 saturated heterocycles. The van der Waals surface area contributed by atoms with Gasteiger partial charge in [-0.25, -0.2) is 4.79 Å². The lowest BCUT2D eigenvalue weighted by molar-refractivity contribution is -0.148. The Kier molecular flexibility index (Phi) is 6.78. The van der Waals surface area contributed by atoms with Crippen molar-refractivity contribution in [2.75, 3.05) is 13.7 Å². The number of benzene rings is 1. The molecule has 1 aliphatic rings. The van der Waals surface area contributed by atoms with Crippen molar-refractivity contribution in [3.63, 3.8) is 0 Å². The number of carbonyl (C=O) groups is 3. The number of ketones is 1. The Morgan fingerprint density at radius 2 is 1.88 bits per heavy atom. The van der Waals surface area contributed by atoms with E-state index in [0.29, 0.717) is 25.7 Å². The fourth-order valence-corrected chi connectivity index (χ4v) is 2.93. The molecule has 1 saturated carbocycles. The molecule has 130 valence electrons. The second-order valence-corrected chi connectivity index (χ2v) is 5.95. The van der Waals surface area contributed by atoms with Gasteiger partial charge < -0.3 is 14.8 Å². The highest BCUT2D eigenvalue weighted by atomic mass is 16.5. The quantitative estimate of drug-likeness (QED) is 0.809. The van der Waals surface area contributed by atoms with Crippen LogP contribution in [0.2, 0.25) is 0 Å². The molecule has 1 aliphatic carbocycles. The van der Waals surface area contributed by atoms with Gasteiger partial charge in [0.25, 0.3) is 0 Å². The average Bonchev–Trinajstić information content (AvgIpc) is 2.62. The van der Waals surface area contributed by atoms with E-state index in [1.807, 2.05) is 30.3 Å². The SMILES string of the molecule is COC(=O)C(CNC(=O)OCc1ccccc1)C1CCC(=O)CC1. The number of Topliss-reactive ketones (excluding diaryl/α,β-unsaturated/α-hetero) is 1. The van der Waals surface area contributed by atoms with Crippen LogP contribution in [-0.4, -0.2) is 31.5 Å². The van der Waals surface area contributed by atoms with Gasteiger partial charge in [-0.2, -0.15) is 0 Å². The number of hydrogen-bond donors (Lipinski definition) is 1. The summed E-state index contributed by atoms with van der Waals surface area (Å²) in [6, 6.07) is 9.36. The van der Waals surface area contributed by atoms with Gasteiger partial charge in [-0.05, 0) is 24.3 Å². The topological polar surface area (TPSA) is 81.7 Å². The van der Waals surface area contributed by atoms with Gasteiger partial charge in [0, 0.05) is 19.4 Å². The van der Waals surface area contributed by atoms with Crippen LogP contribution in [0.4, 0.5) is 4.79 Å². The van der Waals surface area contributed by atoms with Crippen LogP contribution >= 0.6 is 0 Å². The van der Waals surface area contributed by atoms with Gasteiger partial charge in [-0.1, -0.05) is 30.3 Å². The van der Waals surface area contributed by atoms with E-state index in [9.17, 15) is 14.4 Å². The van der Waals surface area contributed by atoms with Crippen LogP contribution in [0.15, 0.2) is 30.3 Å². The van der Waals surface area contributed by atoms with Crippen molar-refractivity contribution in [2.45, 2.75) is 32.3 Å². The molecule has 1 amide bonds. The number of nitrogens with one attached hydrogen (secondary N) is 1. The van der Waals surface area contributed by atoms with Crippen molar-refractivity contribution < 1.29 is 23.9 Å². The third-order valence-corrected chi connectivity index (χ3v) is 4.34. The lowest BCUT2D eigenvalue weighted by Gasteiger charge is -2.27. The van der Waals surface area contributed by atoms with E-state index in [1.165, 1.54) is 7.11 Å². The Balaban J connectivity index is 1.82. The summed E-state index contributed by atoms with van der Waals surface area (Å²) in [5.74, 6) is -0.542. The predicted molar refractivity (Wildman–Crippen MR) is 87.1 cm³/mol. The van der Waals surface area contributed by atoms with Crippen molar-refractivity contribution in [3.8, 4) is 0 Å². The van der Waals surface area contributed by atoms with Gasteiger partial charge >= 0.3 is 12.1 Å². The standard InChI is InChI=1S/C18H23NO5/c1-23-17(21)16(14-7-9-15(20)10-8-14)11-19-18(22)24-12-13-5-3-2-4-6-13/h2-6,14,16H,7-12H2,1H3,(H,19,22). The molecule has 1 aromatic carbocycles. The summed E-state index contributed by atoms with van der Waals surface area (Å²) < 4.78 is 9.98. The van der Waals surface area contributed by atoms with Crippen LogP contribution in [0.5, 0.6) is 0 Å². The minimum atomic E-state index is -0.570. The first-order valence-corrected chi connectivity index (χ1v) is 8.14. The van der Waals surface area contributed by atoms with Gasteiger partial charge in [0.05, 0.1) is 13.0 Å². The summed E-state index contributed by atoms with van der Waals surface area (Å²) in [5, 5.41) is 2.63. The van der Waals surface area contributed by atoms with E-state index in [1.54, 1.807) is 0 Å². The van der Waals surface area contributed by atoms with Crippen molar-refractivity contribution in [2.24, 2.45) is 11.8 Å². The summed E-state index contributed by atoms with van der Waals surface area (Å²) in [4.78, 5) is 35.2. The maximum Gasteiger partial charge on any atom is 0.407 e. The molecule has 2 rings (SSSR count). The molecule has 1 atom stereocenters. The van der Waals surface area contributed by atoms with Crippen LogP contribution < -0.4 is 5.32 Å². The second-order valence-electron chi connectivity index (χ2n) is 5.95. The van der Waals surface area contributed by atoms with Gasteiger partial charge in [0.2, 0.25) is 0 Å². The van der Waals surface area contributed by atoms with Crippen LogP contribution in [0.25, 0.3) is 0 Å². The fraction of sp³-hybridized carbons (Fsp3) is 0.500. The first-order chi connectivity index (χ1) is 11.6. The van der Waals surface area contributed by atoms with Crippen molar-refractivity contribution in [1.82, 2.24) is 5.32 Å². The number of ether oxygens (including phenoxy) is 2. The van der Waals surface area contributed by atoms with E-state index >= 15 is 0 Å². The number of amides is 1. The van der Waals surface area contributed by atoms with Crippen molar-refractivity contribution >= 4 is 17.8 Å². The Labute approximate surface area is 141 Å². The second kappa shape index (κ2) is 9.05. The summed E-state index contributed by atoms with van der Waals surface area (Å²) in [6.07, 6.45) is 1.70. The lowest BCUT2D eigenvalue weighted by Crippen LogP contribution is -2.39. The molecule has 0 heterocycles. The van der Waals surface area contributed by atoms with E-state index in [2.05, 4.69) is 5.32 Å². The number of carbonyl (C=O) groups excluding carboxylic acids is 3. The minimum absolute atomic E-state index is 0.0459. The first kappa shape index (κ1) is 18.0. The molecule has 6 nitrogen and oxygen atoms in total. The highest BCUT2D eigenvalue weighted by Crippen LogP contribution is 2.29. The van der Waals surface area contributed by atoms with Crippen LogP contribution in [0.3, 0.4) is 0 Å². The molecule has 0 aliphatic heterocycles.